The van der Waals surface area contributed by atoms with Gasteiger partial charge in [-0.05, 0) is 24.1 Å². The van der Waals surface area contributed by atoms with Crippen molar-refractivity contribution < 1.29 is 26.7 Å². The Kier molecular flexibility index (Phi) is 5.81. The van der Waals surface area contributed by atoms with E-state index in [0.717, 1.165) is 0 Å². The molecule has 0 amide bonds. The molecule has 0 radical (unpaired) electrons. The van der Waals surface area contributed by atoms with Gasteiger partial charge in [-0.3, -0.25) is 0 Å². The molecule has 0 heterocycles. The molecule has 0 spiro atoms. The monoisotopic (exact) mass is 331 g/mol. The summed E-state index contributed by atoms with van der Waals surface area (Å²) >= 11 is 5.74. The van der Waals surface area contributed by atoms with Crippen LogP contribution in [0.1, 0.15) is 18.4 Å². The van der Waals surface area contributed by atoms with E-state index >= 15 is 0 Å². The van der Waals surface area contributed by atoms with Gasteiger partial charge in [-0.25, -0.2) is 13.1 Å². The number of aliphatic hydroxyl groups is 1. The lowest BCUT2D eigenvalue weighted by Crippen LogP contribution is -2.26. The molecule has 0 aliphatic heterocycles. The van der Waals surface area contributed by atoms with Crippen LogP contribution in [0, 0.1) is 0 Å². The molecule has 1 aromatic carbocycles. The first kappa shape index (κ1) is 17.2. The van der Waals surface area contributed by atoms with Crippen LogP contribution in [0.25, 0.3) is 0 Å². The Bertz CT molecular complexity index is 561. The van der Waals surface area contributed by atoms with Crippen molar-refractivity contribution in [2.24, 2.45) is 0 Å². The van der Waals surface area contributed by atoms with Crippen molar-refractivity contribution in [1.82, 2.24) is 4.72 Å². The lowest BCUT2D eigenvalue weighted by molar-refractivity contribution is -0.135. The molecule has 1 rings (SSSR count). The van der Waals surface area contributed by atoms with Crippen LogP contribution >= 0.6 is 11.6 Å². The summed E-state index contributed by atoms with van der Waals surface area (Å²) in [5, 5.41) is 8.87. The van der Waals surface area contributed by atoms with E-state index in [1.807, 2.05) is 4.72 Å². The van der Waals surface area contributed by atoms with E-state index in [1.54, 1.807) is 0 Å². The largest absolute Gasteiger partial charge is 0.392 e. The van der Waals surface area contributed by atoms with Crippen molar-refractivity contribution in [2.75, 3.05) is 6.54 Å². The standard InChI is InChI=1S/C11H13ClF3NO3S/c12-9-3-2-8(7-17)6-10(9)20(18,19)16-5-1-4-11(13,14)15/h2-3,6,16-17H,1,4-5,7H2. The topological polar surface area (TPSA) is 66.4 Å². The van der Waals surface area contributed by atoms with Gasteiger partial charge in [-0.2, -0.15) is 13.2 Å². The molecule has 0 saturated carbocycles. The fourth-order valence-corrected chi connectivity index (χ4v) is 3.05. The molecule has 2 N–H and O–H groups in total. The Morgan fingerprint density at radius 2 is 1.95 bits per heavy atom. The first-order valence-electron chi connectivity index (χ1n) is 5.61. The highest BCUT2D eigenvalue weighted by Crippen LogP contribution is 2.23. The highest BCUT2D eigenvalue weighted by molar-refractivity contribution is 7.89. The van der Waals surface area contributed by atoms with E-state index < -0.39 is 22.6 Å². The SMILES string of the molecule is O=S(=O)(NCCCC(F)(F)F)c1cc(CO)ccc1Cl. The Morgan fingerprint density at radius 3 is 2.50 bits per heavy atom. The van der Waals surface area contributed by atoms with Crippen molar-refractivity contribution in [3.8, 4) is 0 Å². The third kappa shape index (κ3) is 5.28. The third-order valence-corrected chi connectivity index (χ3v) is 4.34. The zero-order valence-electron chi connectivity index (χ0n) is 10.2. The Hall–Kier alpha value is -0.830. The number of hydrogen-bond acceptors (Lipinski definition) is 3. The fourth-order valence-electron chi connectivity index (χ4n) is 1.43. The lowest BCUT2D eigenvalue weighted by atomic mass is 10.2. The molecule has 0 aliphatic rings. The third-order valence-electron chi connectivity index (χ3n) is 2.40. The number of aliphatic hydroxyl groups excluding tert-OH is 1. The number of alkyl halides is 3. The van der Waals surface area contributed by atoms with Gasteiger partial charge >= 0.3 is 6.18 Å². The molecule has 0 atom stereocenters. The predicted octanol–water partition coefficient (Wildman–Crippen LogP) is 2.45. The van der Waals surface area contributed by atoms with E-state index in [4.69, 9.17) is 16.7 Å². The number of rotatable bonds is 6. The maximum Gasteiger partial charge on any atom is 0.389 e. The second-order valence-electron chi connectivity index (χ2n) is 4.04. The Labute approximate surface area is 119 Å². The second kappa shape index (κ2) is 6.75. The number of benzene rings is 1. The molecule has 0 fully saturated rings. The van der Waals surface area contributed by atoms with E-state index in [-0.39, 0.29) is 29.5 Å². The van der Waals surface area contributed by atoms with Gasteiger partial charge in [0.25, 0.3) is 0 Å². The zero-order chi connectivity index (χ0) is 15.4. The van der Waals surface area contributed by atoms with Crippen LogP contribution < -0.4 is 4.72 Å². The minimum atomic E-state index is -4.32. The van der Waals surface area contributed by atoms with Gasteiger partial charge in [0.15, 0.2) is 0 Å². The summed E-state index contributed by atoms with van der Waals surface area (Å²) in [6, 6.07) is 3.93. The molecule has 0 aromatic heterocycles. The lowest BCUT2D eigenvalue weighted by Gasteiger charge is -2.10. The first-order valence-corrected chi connectivity index (χ1v) is 7.47. The quantitative estimate of drug-likeness (QED) is 0.787. The summed E-state index contributed by atoms with van der Waals surface area (Å²) in [5.41, 5.74) is 0.338. The van der Waals surface area contributed by atoms with Crippen LogP contribution in [0.2, 0.25) is 5.02 Å². The molecule has 0 aliphatic carbocycles. The van der Waals surface area contributed by atoms with Crippen molar-refractivity contribution >= 4 is 21.6 Å². The predicted molar refractivity (Wildman–Crippen MR) is 67.9 cm³/mol. The molecule has 0 saturated heterocycles. The Morgan fingerprint density at radius 1 is 1.30 bits per heavy atom. The van der Waals surface area contributed by atoms with Crippen molar-refractivity contribution in [3.05, 3.63) is 28.8 Å². The van der Waals surface area contributed by atoms with Crippen LogP contribution in [-0.2, 0) is 16.6 Å². The van der Waals surface area contributed by atoms with Crippen LogP contribution in [0.4, 0.5) is 13.2 Å². The van der Waals surface area contributed by atoms with Gasteiger partial charge in [0.2, 0.25) is 10.0 Å². The average Bonchev–Trinajstić information content (AvgIpc) is 2.34. The van der Waals surface area contributed by atoms with Crippen molar-refractivity contribution in [2.45, 2.75) is 30.5 Å². The summed E-state index contributed by atoms with van der Waals surface area (Å²) in [5.74, 6) is 0. The maximum absolute atomic E-state index is 11.9. The van der Waals surface area contributed by atoms with Gasteiger partial charge in [0.05, 0.1) is 11.6 Å². The highest BCUT2D eigenvalue weighted by atomic mass is 35.5. The van der Waals surface area contributed by atoms with E-state index in [2.05, 4.69) is 0 Å². The number of halogens is 4. The zero-order valence-corrected chi connectivity index (χ0v) is 11.8. The van der Waals surface area contributed by atoms with Gasteiger partial charge < -0.3 is 5.11 Å². The fraction of sp³-hybridized carbons (Fsp3) is 0.455. The van der Waals surface area contributed by atoms with E-state index in [0.29, 0.717) is 5.56 Å². The van der Waals surface area contributed by atoms with E-state index in [1.165, 1.54) is 18.2 Å². The normalized spacial score (nSPS) is 12.7. The maximum atomic E-state index is 11.9. The first-order chi connectivity index (χ1) is 9.15. The van der Waals surface area contributed by atoms with Crippen molar-refractivity contribution in [3.63, 3.8) is 0 Å². The van der Waals surface area contributed by atoms with Crippen molar-refractivity contribution in [1.29, 1.82) is 0 Å². The van der Waals surface area contributed by atoms with Gasteiger partial charge in [0.1, 0.15) is 4.90 Å². The molecule has 0 bridgehead atoms. The van der Waals surface area contributed by atoms with Gasteiger partial charge in [0, 0.05) is 13.0 Å². The number of sulfonamides is 1. The molecular formula is C11H13ClF3NO3S. The molecule has 0 unspecified atom stereocenters. The minimum Gasteiger partial charge on any atom is -0.392 e. The molecular weight excluding hydrogens is 319 g/mol. The van der Waals surface area contributed by atoms with Crippen LogP contribution in [0.15, 0.2) is 23.1 Å². The molecule has 1 aromatic rings. The second-order valence-corrected chi connectivity index (χ2v) is 6.18. The summed E-state index contributed by atoms with van der Waals surface area (Å²) in [7, 11) is -4.00. The smallest absolute Gasteiger partial charge is 0.389 e. The summed E-state index contributed by atoms with van der Waals surface area (Å²) in [6.07, 6.45) is -5.75. The molecule has 114 valence electrons. The summed E-state index contributed by atoms with van der Waals surface area (Å²) in [4.78, 5) is -0.266. The molecule has 9 heteroatoms. The number of nitrogens with one attached hydrogen (secondary N) is 1. The molecule has 20 heavy (non-hydrogen) atoms. The van der Waals surface area contributed by atoms with E-state index in [9.17, 15) is 21.6 Å². The Balaban J connectivity index is 2.74. The number of hydrogen-bond donors (Lipinski definition) is 2. The molecule has 4 nitrogen and oxygen atoms in total. The van der Waals surface area contributed by atoms with Crippen LogP contribution in [0.3, 0.4) is 0 Å². The van der Waals surface area contributed by atoms with Crippen LogP contribution in [-0.4, -0.2) is 26.2 Å². The van der Waals surface area contributed by atoms with Gasteiger partial charge in [-0.15, -0.1) is 0 Å². The summed E-state index contributed by atoms with van der Waals surface area (Å²) in [6.45, 7) is -0.713. The minimum absolute atomic E-state index is 0.0643. The highest BCUT2D eigenvalue weighted by Gasteiger charge is 2.26. The van der Waals surface area contributed by atoms with Crippen LogP contribution in [0.5, 0.6) is 0 Å². The average molecular weight is 332 g/mol. The summed E-state index contributed by atoms with van der Waals surface area (Å²) < 4.78 is 61.6. The van der Waals surface area contributed by atoms with Gasteiger partial charge in [-0.1, -0.05) is 17.7 Å².